The number of hydrogen-bond acceptors (Lipinski definition) is 3. The molecule has 1 aromatic rings. The molecule has 2 heterocycles. The van der Waals surface area contributed by atoms with Crippen LogP contribution in [-0.4, -0.2) is 35.8 Å². The Kier molecular flexibility index (Phi) is 3.09. The van der Waals surface area contributed by atoms with Gasteiger partial charge in [-0.2, -0.15) is 0 Å². The summed E-state index contributed by atoms with van der Waals surface area (Å²) in [6.45, 7) is 4.59. The first-order valence-electron chi connectivity index (χ1n) is 6.52. The highest BCUT2D eigenvalue weighted by atomic mass is 35.5. The molecule has 0 aromatic carbocycles. The SMILES string of the molecule is C=CC(=O)NC1CN(C(=O)c2ccc(Cl)o2)CC12CC2. The Morgan fingerprint density at radius 3 is 2.80 bits per heavy atom. The van der Waals surface area contributed by atoms with Crippen LogP contribution < -0.4 is 5.32 Å². The minimum atomic E-state index is -0.198. The molecule has 3 rings (SSSR count). The normalized spacial score (nSPS) is 22.9. The predicted molar refractivity (Wildman–Crippen MR) is 73.4 cm³/mol. The van der Waals surface area contributed by atoms with Gasteiger partial charge in [0.1, 0.15) is 0 Å². The minimum absolute atomic E-state index is 0.0117. The third kappa shape index (κ3) is 2.22. The van der Waals surface area contributed by atoms with Gasteiger partial charge in [0.15, 0.2) is 11.0 Å². The second-order valence-corrected chi connectivity index (χ2v) is 5.79. The zero-order valence-corrected chi connectivity index (χ0v) is 11.7. The van der Waals surface area contributed by atoms with Crippen molar-refractivity contribution >= 4 is 23.4 Å². The van der Waals surface area contributed by atoms with E-state index in [2.05, 4.69) is 11.9 Å². The quantitative estimate of drug-likeness (QED) is 0.865. The van der Waals surface area contributed by atoms with Crippen molar-refractivity contribution in [2.24, 2.45) is 5.41 Å². The average Bonchev–Trinajstić information content (AvgIpc) is 2.93. The monoisotopic (exact) mass is 294 g/mol. The van der Waals surface area contributed by atoms with Crippen LogP contribution >= 0.6 is 11.6 Å². The second kappa shape index (κ2) is 4.66. The topological polar surface area (TPSA) is 62.6 Å². The van der Waals surface area contributed by atoms with Crippen molar-refractivity contribution in [1.29, 1.82) is 0 Å². The molecule has 1 aliphatic heterocycles. The molecule has 0 radical (unpaired) electrons. The van der Waals surface area contributed by atoms with Crippen LogP contribution in [-0.2, 0) is 4.79 Å². The maximum absolute atomic E-state index is 12.3. The molecule has 2 aliphatic rings. The third-order valence-corrected chi connectivity index (χ3v) is 4.32. The van der Waals surface area contributed by atoms with Gasteiger partial charge in [-0.15, -0.1) is 0 Å². The number of nitrogens with one attached hydrogen (secondary N) is 1. The van der Waals surface area contributed by atoms with Crippen molar-refractivity contribution in [1.82, 2.24) is 10.2 Å². The number of nitrogens with zero attached hydrogens (tertiary/aromatic N) is 1. The van der Waals surface area contributed by atoms with E-state index < -0.39 is 0 Å². The Labute approximate surface area is 121 Å². The van der Waals surface area contributed by atoms with Crippen LogP contribution in [0.2, 0.25) is 5.22 Å². The average molecular weight is 295 g/mol. The summed E-state index contributed by atoms with van der Waals surface area (Å²) in [5.41, 5.74) is 0.0325. The summed E-state index contributed by atoms with van der Waals surface area (Å²) >= 11 is 5.69. The van der Waals surface area contributed by atoms with E-state index in [9.17, 15) is 9.59 Å². The number of halogens is 1. The lowest BCUT2D eigenvalue weighted by atomic mass is 10.0. The fraction of sp³-hybridized carbons (Fsp3) is 0.429. The van der Waals surface area contributed by atoms with E-state index in [0.29, 0.717) is 13.1 Å². The number of likely N-dealkylation sites (tertiary alicyclic amines) is 1. The van der Waals surface area contributed by atoms with Gasteiger partial charge in [0.25, 0.3) is 5.91 Å². The van der Waals surface area contributed by atoms with E-state index in [4.69, 9.17) is 16.0 Å². The molecule has 2 amide bonds. The maximum atomic E-state index is 12.3. The zero-order valence-electron chi connectivity index (χ0n) is 10.9. The summed E-state index contributed by atoms with van der Waals surface area (Å²) in [4.78, 5) is 25.5. The van der Waals surface area contributed by atoms with Crippen LogP contribution in [0.4, 0.5) is 0 Å². The molecule has 1 aromatic heterocycles. The summed E-state index contributed by atoms with van der Waals surface area (Å²) in [6, 6.07) is 3.11. The molecular formula is C14H15ClN2O3. The highest BCUT2D eigenvalue weighted by Gasteiger charge is 2.56. The lowest BCUT2D eigenvalue weighted by Gasteiger charge is -2.17. The van der Waals surface area contributed by atoms with Gasteiger partial charge in [-0.25, -0.2) is 0 Å². The van der Waals surface area contributed by atoms with E-state index >= 15 is 0 Å². The van der Waals surface area contributed by atoms with Gasteiger partial charge >= 0.3 is 0 Å². The number of furan rings is 1. The largest absolute Gasteiger partial charge is 0.440 e. The summed E-state index contributed by atoms with van der Waals surface area (Å²) in [7, 11) is 0. The Hall–Kier alpha value is -1.75. The fourth-order valence-corrected chi connectivity index (χ4v) is 2.95. The highest BCUT2D eigenvalue weighted by molar-refractivity contribution is 6.29. The molecule has 1 saturated carbocycles. The molecule has 20 heavy (non-hydrogen) atoms. The van der Waals surface area contributed by atoms with Crippen molar-refractivity contribution in [3.8, 4) is 0 Å². The first-order chi connectivity index (χ1) is 9.54. The Morgan fingerprint density at radius 2 is 2.25 bits per heavy atom. The number of rotatable bonds is 3. The number of carbonyl (C=O) groups excluding carboxylic acids is 2. The lowest BCUT2D eigenvalue weighted by Crippen LogP contribution is -2.41. The molecule has 0 bridgehead atoms. The second-order valence-electron chi connectivity index (χ2n) is 5.42. The van der Waals surface area contributed by atoms with Gasteiger partial charge in [-0.05, 0) is 42.7 Å². The van der Waals surface area contributed by atoms with Crippen molar-refractivity contribution in [2.45, 2.75) is 18.9 Å². The molecule has 5 nitrogen and oxygen atoms in total. The van der Waals surface area contributed by atoms with Crippen LogP contribution in [0.25, 0.3) is 0 Å². The Bertz CT molecular complexity index is 577. The lowest BCUT2D eigenvalue weighted by molar-refractivity contribution is -0.117. The van der Waals surface area contributed by atoms with Gasteiger partial charge in [0, 0.05) is 18.5 Å². The maximum Gasteiger partial charge on any atom is 0.289 e. The van der Waals surface area contributed by atoms with E-state index in [1.165, 1.54) is 6.08 Å². The smallest absolute Gasteiger partial charge is 0.289 e. The van der Waals surface area contributed by atoms with E-state index in [0.717, 1.165) is 12.8 Å². The first kappa shape index (κ1) is 13.2. The number of carbonyl (C=O) groups is 2. The molecule has 1 aliphatic carbocycles. The van der Waals surface area contributed by atoms with Crippen LogP contribution in [0.5, 0.6) is 0 Å². The molecule has 1 spiro atoms. The van der Waals surface area contributed by atoms with E-state index in [1.807, 2.05) is 0 Å². The highest BCUT2D eigenvalue weighted by Crippen LogP contribution is 2.53. The molecule has 6 heteroatoms. The summed E-state index contributed by atoms with van der Waals surface area (Å²) < 4.78 is 5.15. The van der Waals surface area contributed by atoms with Crippen LogP contribution in [0.3, 0.4) is 0 Å². The van der Waals surface area contributed by atoms with Gasteiger partial charge < -0.3 is 14.6 Å². The van der Waals surface area contributed by atoms with Crippen LogP contribution in [0, 0.1) is 5.41 Å². The summed E-state index contributed by atoms with van der Waals surface area (Å²) in [5.74, 6) is -0.142. The fourth-order valence-electron chi connectivity index (χ4n) is 2.81. The van der Waals surface area contributed by atoms with Crippen molar-refractivity contribution < 1.29 is 14.0 Å². The van der Waals surface area contributed by atoms with Crippen molar-refractivity contribution in [2.75, 3.05) is 13.1 Å². The predicted octanol–water partition coefficient (Wildman–Crippen LogP) is 1.84. The van der Waals surface area contributed by atoms with Crippen molar-refractivity contribution in [3.05, 3.63) is 35.8 Å². The number of hydrogen-bond donors (Lipinski definition) is 1. The van der Waals surface area contributed by atoms with Gasteiger partial charge in [0.2, 0.25) is 5.91 Å². The molecule has 2 fully saturated rings. The minimum Gasteiger partial charge on any atom is -0.440 e. The zero-order chi connectivity index (χ0) is 14.3. The van der Waals surface area contributed by atoms with Crippen LogP contribution in [0.15, 0.2) is 29.2 Å². The first-order valence-corrected chi connectivity index (χ1v) is 6.89. The van der Waals surface area contributed by atoms with E-state index in [1.54, 1.807) is 17.0 Å². The summed E-state index contributed by atoms with van der Waals surface area (Å²) in [5, 5.41) is 3.11. The van der Waals surface area contributed by atoms with Gasteiger partial charge in [-0.3, -0.25) is 9.59 Å². The molecule has 1 N–H and O–H groups in total. The molecule has 1 unspecified atom stereocenters. The van der Waals surface area contributed by atoms with Gasteiger partial charge in [-0.1, -0.05) is 6.58 Å². The van der Waals surface area contributed by atoms with Gasteiger partial charge in [0.05, 0.1) is 6.04 Å². The van der Waals surface area contributed by atoms with Crippen molar-refractivity contribution in [3.63, 3.8) is 0 Å². The molecular weight excluding hydrogens is 280 g/mol. The third-order valence-electron chi connectivity index (χ3n) is 4.11. The summed E-state index contributed by atoms with van der Waals surface area (Å²) in [6.07, 6.45) is 3.31. The Balaban J connectivity index is 1.72. The van der Waals surface area contributed by atoms with E-state index in [-0.39, 0.29) is 34.3 Å². The molecule has 1 atom stereocenters. The standard InChI is InChI=1S/C14H15ClN2O3/c1-2-12(18)16-10-7-17(8-14(10)5-6-14)13(19)9-3-4-11(15)20-9/h2-4,10H,1,5-8H2,(H,16,18). The molecule has 106 valence electrons. The molecule has 1 saturated heterocycles. The Morgan fingerprint density at radius 1 is 1.50 bits per heavy atom. The van der Waals surface area contributed by atoms with Crippen LogP contribution in [0.1, 0.15) is 23.4 Å². The number of amides is 2.